The van der Waals surface area contributed by atoms with Crippen LogP contribution in [0.3, 0.4) is 0 Å². The van der Waals surface area contributed by atoms with Gasteiger partial charge >= 0.3 is 0 Å². The van der Waals surface area contributed by atoms with E-state index in [2.05, 4.69) is 29.6 Å². The molecule has 1 aromatic rings. The van der Waals surface area contributed by atoms with Gasteiger partial charge in [-0.3, -0.25) is 0 Å². The average molecular weight is 244 g/mol. The largest absolute Gasteiger partial charge is 0.330 e. The van der Waals surface area contributed by atoms with Gasteiger partial charge in [-0.05, 0) is 68.2 Å². The molecule has 98 valence electrons. The van der Waals surface area contributed by atoms with Gasteiger partial charge in [-0.25, -0.2) is 0 Å². The van der Waals surface area contributed by atoms with Crippen LogP contribution in [0.25, 0.3) is 0 Å². The summed E-state index contributed by atoms with van der Waals surface area (Å²) in [5.74, 6) is 1.69. The van der Waals surface area contributed by atoms with E-state index in [1.54, 1.807) is 11.1 Å². The van der Waals surface area contributed by atoms with E-state index in [1.807, 2.05) is 0 Å². The van der Waals surface area contributed by atoms with E-state index >= 15 is 0 Å². The second-order valence-corrected chi connectivity index (χ2v) is 5.90. The van der Waals surface area contributed by atoms with Crippen molar-refractivity contribution in [3.63, 3.8) is 0 Å². The number of hydrogen-bond acceptors (Lipinski definition) is 2. The van der Waals surface area contributed by atoms with E-state index in [-0.39, 0.29) is 0 Å². The standard InChI is InChI=1S/C16H24N2/c17-8-3-9-18-16-14-6-7-15(16)11-13-5-2-1-4-12(13)10-14/h1-2,4-5,14-16,18H,3,6-11,17H2. The van der Waals surface area contributed by atoms with Crippen molar-refractivity contribution in [1.29, 1.82) is 0 Å². The van der Waals surface area contributed by atoms with Gasteiger partial charge < -0.3 is 11.1 Å². The normalized spacial score (nSPS) is 29.9. The number of nitrogens with two attached hydrogens (primary N) is 1. The van der Waals surface area contributed by atoms with Crippen LogP contribution in [0.5, 0.6) is 0 Å². The van der Waals surface area contributed by atoms with Gasteiger partial charge in [-0.1, -0.05) is 24.3 Å². The predicted molar refractivity (Wildman–Crippen MR) is 75.5 cm³/mol. The van der Waals surface area contributed by atoms with Crippen LogP contribution in [0.1, 0.15) is 30.4 Å². The Morgan fingerprint density at radius 1 is 1.06 bits per heavy atom. The minimum absolute atomic E-state index is 0.726. The number of rotatable bonds is 4. The summed E-state index contributed by atoms with van der Waals surface area (Å²) in [5.41, 5.74) is 8.77. The average Bonchev–Trinajstić information content (AvgIpc) is 2.66. The molecule has 0 heterocycles. The van der Waals surface area contributed by atoms with Crippen molar-refractivity contribution in [2.24, 2.45) is 17.6 Å². The molecular weight excluding hydrogens is 220 g/mol. The molecular formula is C16H24N2. The van der Waals surface area contributed by atoms with Crippen molar-refractivity contribution < 1.29 is 0 Å². The lowest BCUT2D eigenvalue weighted by Crippen LogP contribution is -2.39. The van der Waals surface area contributed by atoms with Gasteiger partial charge in [0.15, 0.2) is 0 Å². The maximum Gasteiger partial charge on any atom is 0.0130 e. The Hall–Kier alpha value is -0.860. The highest BCUT2D eigenvalue weighted by molar-refractivity contribution is 5.30. The van der Waals surface area contributed by atoms with E-state index in [4.69, 9.17) is 5.73 Å². The van der Waals surface area contributed by atoms with E-state index in [1.165, 1.54) is 25.7 Å². The summed E-state index contributed by atoms with van der Waals surface area (Å²) < 4.78 is 0. The monoisotopic (exact) mass is 244 g/mol. The topological polar surface area (TPSA) is 38.0 Å². The van der Waals surface area contributed by atoms with Gasteiger partial charge in [0.2, 0.25) is 0 Å². The fourth-order valence-corrected chi connectivity index (χ4v) is 3.86. The molecule has 2 nitrogen and oxygen atoms in total. The Kier molecular flexibility index (Phi) is 3.67. The molecule has 0 spiro atoms. The Bertz CT molecular complexity index is 369. The third-order valence-corrected chi connectivity index (χ3v) is 4.77. The van der Waals surface area contributed by atoms with Gasteiger partial charge in [0.05, 0.1) is 0 Å². The van der Waals surface area contributed by atoms with E-state index in [0.717, 1.165) is 37.4 Å². The van der Waals surface area contributed by atoms with Crippen molar-refractivity contribution in [3.8, 4) is 0 Å². The molecule has 2 bridgehead atoms. The zero-order valence-electron chi connectivity index (χ0n) is 11.1. The molecule has 2 heteroatoms. The lowest BCUT2D eigenvalue weighted by Gasteiger charge is -2.23. The zero-order valence-corrected chi connectivity index (χ0v) is 11.1. The van der Waals surface area contributed by atoms with Crippen LogP contribution in [0.4, 0.5) is 0 Å². The van der Waals surface area contributed by atoms with Gasteiger partial charge in [-0.2, -0.15) is 0 Å². The van der Waals surface area contributed by atoms with Gasteiger partial charge in [-0.15, -0.1) is 0 Å². The number of hydrogen-bond donors (Lipinski definition) is 2. The van der Waals surface area contributed by atoms with Crippen molar-refractivity contribution >= 4 is 0 Å². The third-order valence-electron chi connectivity index (χ3n) is 4.77. The Labute approximate surface area is 110 Å². The van der Waals surface area contributed by atoms with Gasteiger partial charge in [0.25, 0.3) is 0 Å². The van der Waals surface area contributed by atoms with E-state index in [0.29, 0.717) is 0 Å². The molecule has 2 atom stereocenters. The van der Waals surface area contributed by atoms with Crippen molar-refractivity contribution in [2.75, 3.05) is 13.1 Å². The predicted octanol–water partition coefficient (Wildman–Crippen LogP) is 2.12. The number of fused-ring (bicyclic) bond motifs is 3. The van der Waals surface area contributed by atoms with Crippen LogP contribution in [0.2, 0.25) is 0 Å². The molecule has 2 aliphatic carbocycles. The molecule has 1 aromatic carbocycles. The second-order valence-electron chi connectivity index (χ2n) is 5.90. The number of benzene rings is 1. The van der Waals surface area contributed by atoms with Gasteiger partial charge in [0, 0.05) is 6.04 Å². The lowest BCUT2D eigenvalue weighted by atomic mass is 9.94. The molecule has 0 aromatic heterocycles. The Balaban J connectivity index is 1.74. The Morgan fingerprint density at radius 2 is 1.67 bits per heavy atom. The summed E-state index contributed by atoms with van der Waals surface area (Å²) in [6.07, 6.45) is 6.45. The summed E-state index contributed by atoms with van der Waals surface area (Å²) in [6.45, 7) is 1.89. The fourth-order valence-electron chi connectivity index (χ4n) is 3.86. The summed E-state index contributed by atoms with van der Waals surface area (Å²) in [7, 11) is 0. The van der Waals surface area contributed by atoms with Crippen LogP contribution in [-0.2, 0) is 12.8 Å². The molecule has 18 heavy (non-hydrogen) atoms. The molecule has 0 amide bonds. The van der Waals surface area contributed by atoms with Crippen LogP contribution < -0.4 is 11.1 Å². The molecule has 0 saturated heterocycles. The molecule has 1 saturated carbocycles. The van der Waals surface area contributed by atoms with Gasteiger partial charge in [0.1, 0.15) is 0 Å². The van der Waals surface area contributed by atoms with Crippen LogP contribution in [0.15, 0.2) is 24.3 Å². The second kappa shape index (κ2) is 5.41. The fraction of sp³-hybridized carbons (Fsp3) is 0.625. The first-order chi connectivity index (χ1) is 8.88. The lowest BCUT2D eigenvalue weighted by molar-refractivity contribution is 0.342. The SMILES string of the molecule is NCCCNC1C2CCC1Cc1ccccc1C2. The summed E-state index contributed by atoms with van der Waals surface area (Å²) >= 11 is 0. The molecule has 0 aliphatic heterocycles. The van der Waals surface area contributed by atoms with Crippen molar-refractivity contribution in [1.82, 2.24) is 5.32 Å². The minimum atomic E-state index is 0.726. The first kappa shape index (κ1) is 12.2. The van der Waals surface area contributed by atoms with Crippen LogP contribution >= 0.6 is 0 Å². The molecule has 2 unspecified atom stereocenters. The first-order valence-electron chi connectivity index (χ1n) is 7.38. The molecule has 3 rings (SSSR count). The first-order valence-corrected chi connectivity index (χ1v) is 7.38. The third kappa shape index (κ3) is 2.32. The zero-order chi connectivity index (χ0) is 12.4. The highest BCUT2D eigenvalue weighted by Crippen LogP contribution is 2.39. The number of nitrogens with one attached hydrogen (secondary N) is 1. The summed E-state index contributed by atoms with van der Waals surface area (Å²) in [4.78, 5) is 0. The van der Waals surface area contributed by atoms with Crippen molar-refractivity contribution in [3.05, 3.63) is 35.4 Å². The highest BCUT2D eigenvalue weighted by Gasteiger charge is 2.38. The summed E-state index contributed by atoms with van der Waals surface area (Å²) in [6, 6.07) is 9.76. The quantitative estimate of drug-likeness (QED) is 0.796. The molecule has 2 aliphatic rings. The van der Waals surface area contributed by atoms with Crippen LogP contribution in [0, 0.1) is 11.8 Å². The smallest absolute Gasteiger partial charge is 0.0130 e. The molecule has 1 fully saturated rings. The van der Waals surface area contributed by atoms with Crippen molar-refractivity contribution in [2.45, 2.75) is 38.1 Å². The van der Waals surface area contributed by atoms with E-state index in [9.17, 15) is 0 Å². The maximum absolute atomic E-state index is 5.59. The highest BCUT2D eigenvalue weighted by atomic mass is 14.9. The summed E-state index contributed by atoms with van der Waals surface area (Å²) in [5, 5.41) is 3.78. The molecule has 0 radical (unpaired) electrons. The van der Waals surface area contributed by atoms with Crippen LogP contribution in [-0.4, -0.2) is 19.1 Å². The Morgan fingerprint density at radius 3 is 2.22 bits per heavy atom. The maximum atomic E-state index is 5.59. The molecule has 3 N–H and O–H groups in total. The minimum Gasteiger partial charge on any atom is -0.330 e. The van der Waals surface area contributed by atoms with E-state index < -0.39 is 0 Å².